The van der Waals surface area contributed by atoms with E-state index in [2.05, 4.69) is 10.2 Å². The zero-order valence-electron chi connectivity index (χ0n) is 9.46. The maximum atomic E-state index is 12.7. The van der Waals surface area contributed by atoms with Crippen LogP contribution in [0, 0.1) is 12.7 Å². The number of hydrogen-bond acceptors (Lipinski definition) is 5. The minimum Gasteiger partial charge on any atom is -0.289 e. The van der Waals surface area contributed by atoms with Gasteiger partial charge in [-0.25, -0.2) is 4.39 Å². The summed E-state index contributed by atoms with van der Waals surface area (Å²) >= 11 is 2.80. The topological polar surface area (TPSA) is 42.9 Å². The van der Waals surface area contributed by atoms with Crippen LogP contribution < -0.4 is 0 Å². The van der Waals surface area contributed by atoms with Crippen LogP contribution in [0.5, 0.6) is 0 Å². The van der Waals surface area contributed by atoms with Crippen LogP contribution >= 0.6 is 23.1 Å². The standard InChI is InChI=1S/C12H9FN2OS2/c1-8-14-15-12(18-8)17-7-6-11(16)9-2-4-10(13)5-3-9/h2-7H,1H3/b7-6+. The van der Waals surface area contributed by atoms with E-state index >= 15 is 0 Å². The molecule has 0 aliphatic heterocycles. The summed E-state index contributed by atoms with van der Waals surface area (Å²) < 4.78 is 13.5. The van der Waals surface area contributed by atoms with Crippen LogP contribution in [-0.4, -0.2) is 16.0 Å². The van der Waals surface area contributed by atoms with Gasteiger partial charge < -0.3 is 0 Å². The predicted octanol–water partition coefficient (Wildman–Crippen LogP) is 3.47. The number of aromatic nitrogens is 2. The third kappa shape index (κ3) is 3.48. The summed E-state index contributed by atoms with van der Waals surface area (Å²) in [6.07, 6.45) is 1.44. The maximum absolute atomic E-state index is 12.7. The van der Waals surface area contributed by atoms with Gasteiger partial charge in [0, 0.05) is 5.56 Å². The fourth-order valence-corrected chi connectivity index (χ4v) is 2.72. The number of rotatable bonds is 4. The first kappa shape index (κ1) is 12.9. The van der Waals surface area contributed by atoms with Crippen molar-refractivity contribution in [3.05, 3.63) is 52.1 Å². The second-order valence-corrected chi connectivity index (χ2v) is 5.71. The Hall–Kier alpha value is -1.53. The minimum absolute atomic E-state index is 0.163. The Morgan fingerprint density at radius 1 is 1.33 bits per heavy atom. The SMILES string of the molecule is Cc1nnc(S/C=C/C(=O)c2ccc(F)cc2)s1. The number of halogens is 1. The van der Waals surface area contributed by atoms with Gasteiger partial charge in [0.2, 0.25) is 0 Å². The third-order valence-corrected chi connectivity index (χ3v) is 3.75. The normalized spacial score (nSPS) is 11.0. The van der Waals surface area contributed by atoms with Crippen molar-refractivity contribution >= 4 is 28.9 Å². The maximum Gasteiger partial charge on any atom is 0.186 e. The molecule has 0 fully saturated rings. The zero-order valence-corrected chi connectivity index (χ0v) is 11.1. The minimum atomic E-state index is -0.353. The smallest absolute Gasteiger partial charge is 0.186 e. The largest absolute Gasteiger partial charge is 0.289 e. The number of hydrogen-bond donors (Lipinski definition) is 0. The third-order valence-electron chi connectivity index (χ3n) is 2.02. The Balaban J connectivity index is 1.97. The van der Waals surface area contributed by atoms with Gasteiger partial charge in [-0.15, -0.1) is 10.2 Å². The zero-order chi connectivity index (χ0) is 13.0. The lowest BCUT2D eigenvalue weighted by Gasteiger charge is -1.94. The molecule has 0 radical (unpaired) electrons. The molecule has 3 nitrogen and oxygen atoms in total. The van der Waals surface area contributed by atoms with Gasteiger partial charge in [0.1, 0.15) is 10.8 Å². The fraction of sp³-hybridized carbons (Fsp3) is 0.0833. The van der Waals surface area contributed by atoms with Crippen molar-refractivity contribution in [3.8, 4) is 0 Å². The van der Waals surface area contributed by atoms with E-state index in [9.17, 15) is 9.18 Å². The lowest BCUT2D eigenvalue weighted by atomic mass is 10.1. The van der Waals surface area contributed by atoms with Gasteiger partial charge in [-0.1, -0.05) is 23.1 Å². The first-order valence-corrected chi connectivity index (χ1v) is 6.78. The Morgan fingerprint density at radius 2 is 2.06 bits per heavy atom. The van der Waals surface area contributed by atoms with Crippen molar-refractivity contribution in [1.29, 1.82) is 0 Å². The van der Waals surface area contributed by atoms with Crippen molar-refractivity contribution in [2.75, 3.05) is 0 Å². The van der Waals surface area contributed by atoms with Gasteiger partial charge in [-0.2, -0.15) is 0 Å². The summed E-state index contributed by atoms with van der Waals surface area (Å²) in [5, 5.41) is 10.3. The van der Waals surface area contributed by atoms with Crippen molar-refractivity contribution in [2.45, 2.75) is 11.3 Å². The molecule has 0 aliphatic carbocycles. The molecule has 0 atom stereocenters. The van der Waals surface area contributed by atoms with Gasteiger partial charge in [-0.3, -0.25) is 4.79 Å². The van der Waals surface area contributed by atoms with Gasteiger partial charge in [-0.05, 0) is 42.7 Å². The number of ketones is 1. The molecule has 1 heterocycles. The summed E-state index contributed by atoms with van der Waals surface area (Å²) in [5.41, 5.74) is 0.460. The molecule has 0 amide bonds. The second-order valence-electron chi connectivity index (χ2n) is 3.38. The second kappa shape index (κ2) is 5.88. The monoisotopic (exact) mass is 280 g/mol. The molecule has 0 unspecified atom stereocenters. The van der Waals surface area contributed by atoms with Gasteiger partial charge in [0.25, 0.3) is 0 Å². The van der Waals surface area contributed by atoms with Crippen molar-refractivity contribution in [1.82, 2.24) is 10.2 Å². The quantitative estimate of drug-likeness (QED) is 0.488. The number of carbonyl (C=O) groups is 1. The van der Waals surface area contributed by atoms with Crippen LogP contribution in [0.3, 0.4) is 0 Å². The number of aryl methyl sites for hydroxylation is 1. The molecule has 0 N–H and O–H groups in total. The lowest BCUT2D eigenvalue weighted by molar-refractivity contribution is 0.104. The predicted molar refractivity (Wildman–Crippen MR) is 70.4 cm³/mol. The number of allylic oxidation sites excluding steroid dienone is 1. The number of benzene rings is 1. The molecule has 2 rings (SSSR count). The summed E-state index contributed by atoms with van der Waals surface area (Å²) in [6, 6.07) is 5.45. The highest BCUT2D eigenvalue weighted by Crippen LogP contribution is 2.22. The molecule has 18 heavy (non-hydrogen) atoms. The van der Waals surface area contributed by atoms with E-state index in [1.54, 1.807) is 5.41 Å². The molecule has 2 aromatic rings. The highest BCUT2D eigenvalue weighted by atomic mass is 32.2. The average molecular weight is 280 g/mol. The highest BCUT2D eigenvalue weighted by molar-refractivity contribution is 8.03. The van der Waals surface area contributed by atoms with Crippen LogP contribution in [-0.2, 0) is 0 Å². The lowest BCUT2D eigenvalue weighted by Crippen LogP contribution is -1.93. The first-order chi connectivity index (χ1) is 8.65. The van der Waals surface area contributed by atoms with Crippen LogP contribution in [0.1, 0.15) is 15.4 Å². The Morgan fingerprint density at radius 3 is 2.67 bits per heavy atom. The number of carbonyl (C=O) groups excluding carboxylic acids is 1. The van der Waals surface area contributed by atoms with Crippen LogP contribution in [0.15, 0.2) is 40.1 Å². The Bertz CT molecular complexity index is 578. The van der Waals surface area contributed by atoms with E-state index in [0.29, 0.717) is 5.56 Å². The van der Waals surface area contributed by atoms with Gasteiger partial charge in [0.05, 0.1) is 0 Å². The van der Waals surface area contributed by atoms with Crippen LogP contribution in [0.25, 0.3) is 0 Å². The molecule has 0 spiro atoms. The molecule has 1 aromatic carbocycles. The average Bonchev–Trinajstić information content (AvgIpc) is 2.76. The molecule has 6 heteroatoms. The molecule has 0 saturated heterocycles. The van der Waals surface area contributed by atoms with Crippen molar-refractivity contribution in [2.24, 2.45) is 0 Å². The Kier molecular flexibility index (Phi) is 4.22. The molecule has 0 saturated carbocycles. The van der Waals surface area contributed by atoms with Crippen molar-refractivity contribution < 1.29 is 9.18 Å². The first-order valence-electron chi connectivity index (χ1n) is 5.08. The molecule has 0 aliphatic rings. The molecule has 0 bridgehead atoms. The van der Waals surface area contributed by atoms with Crippen LogP contribution in [0.2, 0.25) is 0 Å². The van der Waals surface area contributed by atoms with E-state index in [4.69, 9.17) is 0 Å². The molecule has 92 valence electrons. The van der Waals surface area contributed by atoms with Crippen LogP contribution in [0.4, 0.5) is 4.39 Å². The van der Waals surface area contributed by atoms with E-state index in [1.807, 2.05) is 6.92 Å². The van der Waals surface area contributed by atoms with Crippen molar-refractivity contribution in [3.63, 3.8) is 0 Å². The summed E-state index contributed by atoms with van der Waals surface area (Å²) in [6.45, 7) is 1.87. The summed E-state index contributed by atoms with van der Waals surface area (Å²) in [4.78, 5) is 11.7. The van der Waals surface area contributed by atoms with E-state index < -0.39 is 0 Å². The van der Waals surface area contributed by atoms with E-state index in [0.717, 1.165) is 9.35 Å². The fourth-order valence-electron chi connectivity index (χ4n) is 1.19. The Labute approximate surface area is 112 Å². The summed E-state index contributed by atoms with van der Waals surface area (Å²) in [7, 11) is 0. The van der Waals surface area contributed by atoms with Gasteiger partial charge >= 0.3 is 0 Å². The number of nitrogens with zero attached hydrogens (tertiary/aromatic N) is 2. The highest BCUT2D eigenvalue weighted by Gasteiger charge is 2.02. The van der Waals surface area contributed by atoms with E-state index in [1.165, 1.54) is 53.4 Å². The summed E-state index contributed by atoms with van der Waals surface area (Å²) in [5.74, 6) is -0.516. The molecular weight excluding hydrogens is 271 g/mol. The number of thioether (sulfide) groups is 1. The van der Waals surface area contributed by atoms with Gasteiger partial charge in [0.15, 0.2) is 10.1 Å². The van der Waals surface area contributed by atoms with E-state index in [-0.39, 0.29) is 11.6 Å². The molecular formula is C12H9FN2OS2. The molecule has 1 aromatic heterocycles.